The van der Waals surface area contributed by atoms with Crippen molar-refractivity contribution in [3.8, 4) is 0 Å². The van der Waals surface area contributed by atoms with Crippen molar-refractivity contribution >= 4 is 42.2 Å². The molecule has 7 nitrogen and oxygen atoms in total. The fourth-order valence-corrected chi connectivity index (χ4v) is 5.20. The number of carbonyl (C=O) groups is 3. The van der Waals surface area contributed by atoms with Crippen LogP contribution in [0.25, 0.3) is 0 Å². The van der Waals surface area contributed by atoms with Gasteiger partial charge in [0, 0.05) is 13.0 Å². The number of hydrogen-bond acceptors (Lipinski definition) is 6. The van der Waals surface area contributed by atoms with E-state index in [1.807, 2.05) is 30.5 Å². The Kier molecular flexibility index (Phi) is 9.31. The van der Waals surface area contributed by atoms with E-state index in [1.54, 1.807) is 4.90 Å². The zero-order chi connectivity index (χ0) is 23.1. The Balaban J connectivity index is 1.82. The Bertz CT molecular complexity index is 822. The molecule has 0 aromatic heterocycles. The van der Waals surface area contributed by atoms with E-state index >= 15 is 0 Å². The highest BCUT2D eigenvalue weighted by molar-refractivity contribution is 7.98. The second-order valence-electron chi connectivity index (χ2n) is 8.41. The molecule has 2 amide bonds. The molecule has 2 heterocycles. The lowest BCUT2D eigenvalue weighted by molar-refractivity contribution is -0.147. The van der Waals surface area contributed by atoms with E-state index < -0.39 is 18.1 Å². The van der Waals surface area contributed by atoms with Crippen LogP contribution in [0.4, 0.5) is 0 Å². The first-order chi connectivity index (χ1) is 15.5. The average Bonchev–Trinajstić information content (AvgIpc) is 3.27. The van der Waals surface area contributed by atoms with Crippen molar-refractivity contribution in [3.05, 3.63) is 35.4 Å². The number of likely N-dealkylation sites (tertiary alicyclic amines) is 1. The standard InChI is InChI=1S/C23H33N3O4S2/c1-32-13-9-18(23(29)30)24-21(27)20-14-16-6-2-3-7-17(16)15-26(20)22(28)19-8-4-10-25(19)11-5-12-31/h2-3,6-7,18-20,31H,4-5,8-15H2,1H3,(H,24,27)(H,29,30)/t18?,19-,20?/m0/s1. The minimum Gasteiger partial charge on any atom is -0.480 e. The fraction of sp³-hybridized carbons (Fsp3) is 0.609. The van der Waals surface area contributed by atoms with Gasteiger partial charge >= 0.3 is 5.97 Å². The Labute approximate surface area is 199 Å². The van der Waals surface area contributed by atoms with Crippen molar-refractivity contribution in [2.24, 2.45) is 0 Å². The summed E-state index contributed by atoms with van der Waals surface area (Å²) < 4.78 is 0. The minimum atomic E-state index is -1.05. The monoisotopic (exact) mass is 479 g/mol. The summed E-state index contributed by atoms with van der Waals surface area (Å²) in [4.78, 5) is 42.5. The Morgan fingerprint density at radius 2 is 2.00 bits per heavy atom. The van der Waals surface area contributed by atoms with Gasteiger partial charge in [-0.3, -0.25) is 14.5 Å². The van der Waals surface area contributed by atoms with E-state index in [2.05, 4.69) is 22.8 Å². The van der Waals surface area contributed by atoms with Crippen LogP contribution in [0.3, 0.4) is 0 Å². The first-order valence-electron chi connectivity index (χ1n) is 11.2. The number of thioether (sulfide) groups is 1. The molecule has 2 unspecified atom stereocenters. The second-order valence-corrected chi connectivity index (χ2v) is 9.84. The number of thiol groups is 1. The van der Waals surface area contributed by atoms with E-state index in [0.717, 1.165) is 49.2 Å². The first-order valence-corrected chi connectivity index (χ1v) is 13.2. The third-order valence-corrected chi connectivity index (χ3v) is 7.27. The Morgan fingerprint density at radius 1 is 1.25 bits per heavy atom. The molecule has 0 radical (unpaired) electrons. The third kappa shape index (κ3) is 5.99. The largest absolute Gasteiger partial charge is 0.480 e. The molecule has 3 rings (SSSR count). The number of rotatable bonds is 10. The van der Waals surface area contributed by atoms with Crippen LogP contribution < -0.4 is 5.32 Å². The number of carboxylic acids is 1. The maximum absolute atomic E-state index is 13.7. The zero-order valence-corrected chi connectivity index (χ0v) is 20.2. The number of nitrogens with one attached hydrogen (secondary N) is 1. The molecule has 2 aliphatic rings. The maximum Gasteiger partial charge on any atom is 0.326 e. The predicted octanol–water partition coefficient (Wildman–Crippen LogP) is 2.05. The van der Waals surface area contributed by atoms with Crippen molar-refractivity contribution in [2.45, 2.75) is 56.8 Å². The molecule has 2 aliphatic heterocycles. The van der Waals surface area contributed by atoms with E-state index in [9.17, 15) is 19.5 Å². The predicted molar refractivity (Wildman–Crippen MR) is 130 cm³/mol. The van der Waals surface area contributed by atoms with Crippen LogP contribution in [0.2, 0.25) is 0 Å². The lowest BCUT2D eigenvalue weighted by atomic mass is 9.92. The zero-order valence-electron chi connectivity index (χ0n) is 18.5. The first kappa shape index (κ1) is 24.9. The molecule has 0 aliphatic carbocycles. The van der Waals surface area contributed by atoms with Gasteiger partial charge in [0.1, 0.15) is 12.1 Å². The van der Waals surface area contributed by atoms with Crippen LogP contribution in [0.15, 0.2) is 24.3 Å². The topological polar surface area (TPSA) is 90.0 Å². The molecule has 0 spiro atoms. The summed E-state index contributed by atoms with van der Waals surface area (Å²) in [5, 5.41) is 12.3. The highest BCUT2D eigenvalue weighted by atomic mass is 32.2. The van der Waals surface area contributed by atoms with Gasteiger partial charge in [-0.2, -0.15) is 24.4 Å². The van der Waals surface area contributed by atoms with Crippen LogP contribution in [-0.2, 0) is 27.3 Å². The van der Waals surface area contributed by atoms with Gasteiger partial charge in [-0.05, 0) is 67.7 Å². The van der Waals surface area contributed by atoms with Crippen LogP contribution >= 0.6 is 24.4 Å². The quantitative estimate of drug-likeness (QED) is 0.445. The van der Waals surface area contributed by atoms with Crippen LogP contribution in [-0.4, -0.2) is 81.7 Å². The highest BCUT2D eigenvalue weighted by Crippen LogP contribution is 2.28. The Morgan fingerprint density at radius 3 is 2.69 bits per heavy atom. The number of carboxylic acid groups (broad SMARTS) is 1. The minimum absolute atomic E-state index is 0.0349. The summed E-state index contributed by atoms with van der Waals surface area (Å²) >= 11 is 5.84. The van der Waals surface area contributed by atoms with Gasteiger partial charge in [-0.1, -0.05) is 24.3 Å². The molecule has 1 aromatic rings. The van der Waals surface area contributed by atoms with Gasteiger partial charge in [0.05, 0.1) is 6.04 Å². The molecule has 0 bridgehead atoms. The van der Waals surface area contributed by atoms with Crippen molar-refractivity contribution in [1.82, 2.24) is 15.1 Å². The van der Waals surface area contributed by atoms with Crippen LogP contribution in [0, 0.1) is 0 Å². The van der Waals surface area contributed by atoms with Gasteiger partial charge < -0.3 is 15.3 Å². The molecule has 9 heteroatoms. The number of amides is 2. The van der Waals surface area contributed by atoms with Crippen molar-refractivity contribution in [1.29, 1.82) is 0 Å². The van der Waals surface area contributed by atoms with E-state index in [4.69, 9.17) is 0 Å². The summed E-state index contributed by atoms with van der Waals surface area (Å²) in [6.07, 6.45) is 5.30. The lowest BCUT2D eigenvalue weighted by Gasteiger charge is -2.39. The number of aliphatic carboxylic acids is 1. The number of fused-ring (bicyclic) bond motifs is 1. The van der Waals surface area contributed by atoms with Crippen molar-refractivity contribution < 1.29 is 19.5 Å². The fourth-order valence-electron chi connectivity index (χ4n) is 4.59. The molecule has 176 valence electrons. The highest BCUT2D eigenvalue weighted by Gasteiger charge is 2.41. The number of nitrogens with zero attached hydrogens (tertiary/aromatic N) is 2. The SMILES string of the molecule is CSCCC(NC(=O)C1Cc2ccccc2CN1C(=O)[C@@H]1CCCN1CCCS)C(=O)O. The molecular formula is C23H33N3O4S2. The van der Waals surface area contributed by atoms with Gasteiger partial charge in [-0.25, -0.2) is 4.79 Å². The average molecular weight is 480 g/mol. The van der Waals surface area contributed by atoms with Crippen LogP contribution in [0.1, 0.15) is 36.8 Å². The van der Waals surface area contributed by atoms with Gasteiger partial charge in [0.25, 0.3) is 0 Å². The number of hydrogen-bond donors (Lipinski definition) is 3. The van der Waals surface area contributed by atoms with Crippen molar-refractivity contribution in [3.63, 3.8) is 0 Å². The summed E-state index contributed by atoms with van der Waals surface area (Å²) in [5.74, 6) is -0.0642. The van der Waals surface area contributed by atoms with E-state index in [0.29, 0.717) is 25.1 Å². The summed E-state index contributed by atoms with van der Waals surface area (Å²) in [6.45, 7) is 2.06. The van der Waals surface area contributed by atoms with Gasteiger partial charge in [0.15, 0.2) is 0 Å². The molecular weight excluding hydrogens is 446 g/mol. The molecule has 1 fully saturated rings. The van der Waals surface area contributed by atoms with Gasteiger partial charge in [-0.15, -0.1) is 0 Å². The smallest absolute Gasteiger partial charge is 0.326 e. The molecule has 2 N–H and O–H groups in total. The lowest BCUT2D eigenvalue weighted by Crippen LogP contribution is -2.58. The van der Waals surface area contributed by atoms with E-state index in [1.165, 1.54) is 11.8 Å². The maximum atomic E-state index is 13.7. The van der Waals surface area contributed by atoms with Crippen molar-refractivity contribution in [2.75, 3.05) is 30.9 Å². The molecule has 0 saturated carbocycles. The Hall–Kier alpha value is -1.71. The molecule has 1 aromatic carbocycles. The molecule has 32 heavy (non-hydrogen) atoms. The summed E-state index contributed by atoms with van der Waals surface area (Å²) in [7, 11) is 0. The number of carbonyl (C=O) groups excluding carboxylic acids is 2. The van der Waals surface area contributed by atoms with E-state index in [-0.39, 0.29) is 17.9 Å². The summed E-state index contributed by atoms with van der Waals surface area (Å²) in [5.41, 5.74) is 2.08. The summed E-state index contributed by atoms with van der Waals surface area (Å²) in [6, 6.07) is 5.95. The van der Waals surface area contributed by atoms with Gasteiger partial charge in [0.2, 0.25) is 11.8 Å². The second kappa shape index (κ2) is 12.0. The normalized spacial score (nSPS) is 21.8. The third-order valence-electron chi connectivity index (χ3n) is 6.31. The molecule has 1 saturated heterocycles. The van der Waals surface area contributed by atoms with Crippen LogP contribution in [0.5, 0.6) is 0 Å². The molecule has 3 atom stereocenters. The number of benzene rings is 1.